The van der Waals surface area contributed by atoms with Crippen molar-refractivity contribution < 1.29 is 9.53 Å². The molecule has 0 saturated heterocycles. The fourth-order valence-corrected chi connectivity index (χ4v) is 1.46. The first-order valence-corrected chi connectivity index (χ1v) is 5.96. The molecule has 0 spiro atoms. The molecule has 2 heteroatoms. The first-order chi connectivity index (χ1) is 7.69. The van der Waals surface area contributed by atoms with E-state index in [2.05, 4.69) is 13.8 Å². The monoisotopic (exact) mass is 220 g/mol. The Bertz CT molecular complexity index is 327. The molecular formula is C14H20O2. The number of hydrogen-bond donors (Lipinski definition) is 0. The Morgan fingerprint density at radius 2 is 1.88 bits per heavy atom. The molecule has 0 aliphatic rings. The largest absolute Gasteiger partial charge is 0.462 e. The van der Waals surface area contributed by atoms with Gasteiger partial charge in [0.05, 0.1) is 12.2 Å². The highest BCUT2D eigenvalue weighted by Crippen LogP contribution is 2.18. The fraction of sp³-hybridized carbons (Fsp3) is 0.500. The summed E-state index contributed by atoms with van der Waals surface area (Å²) >= 11 is 0. The third kappa shape index (κ3) is 3.37. The number of esters is 1. The highest BCUT2D eigenvalue weighted by Gasteiger charge is 2.08. The first-order valence-electron chi connectivity index (χ1n) is 5.96. The molecule has 0 N–H and O–H groups in total. The topological polar surface area (TPSA) is 26.3 Å². The molecule has 1 atom stereocenters. The second kappa shape index (κ2) is 6.31. The summed E-state index contributed by atoms with van der Waals surface area (Å²) in [5, 5.41) is 0. The number of carbonyl (C=O) groups excluding carboxylic acids is 1. The number of benzene rings is 1. The summed E-state index contributed by atoms with van der Waals surface area (Å²) in [6.45, 7) is 6.82. The summed E-state index contributed by atoms with van der Waals surface area (Å²) in [5.41, 5.74) is 1.91. The third-order valence-corrected chi connectivity index (χ3v) is 2.77. The van der Waals surface area contributed by atoms with Gasteiger partial charge >= 0.3 is 5.97 Å². The van der Waals surface area contributed by atoms with Crippen molar-refractivity contribution in [1.29, 1.82) is 0 Å². The van der Waals surface area contributed by atoms with Crippen LogP contribution in [0.3, 0.4) is 0 Å². The van der Waals surface area contributed by atoms with Crippen molar-refractivity contribution in [3.63, 3.8) is 0 Å². The van der Waals surface area contributed by atoms with E-state index in [0.717, 1.165) is 12.8 Å². The van der Waals surface area contributed by atoms with Crippen LogP contribution < -0.4 is 0 Å². The zero-order chi connectivity index (χ0) is 12.0. The molecule has 0 radical (unpaired) electrons. The zero-order valence-electron chi connectivity index (χ0n) is 10.3. The quantitative estimate of drug-likeness (QED) is 0.706. The number of hydrogen-bond acceptors (Lipinski definition) is 2. The van der Waals surface area contributed by atoms with E-state index in [1.54, 1.807) is 0 Å². The predicted octanol–water partition coefficient (Wildman–Crippen LogP) is 3.77. The molecule has 16 heavy (non-hydrogen) atoms. The van der Waals surface area contributed by atoms with Crippen molar-refractivity contribution in [2.45, 2.75) is 39.5 Å². The Kier molecular flexibility index (Phi) is 5.03. The zero-order valence-corrected chi connectivity index (χ0v) is 10.3. The van der Waals surface area contributed by atoms with Gasteiger partial charge in [-0.05, 0) is 36.5 Å². The Hall–Kier alpha value is -1.31. The second-order valence-electron chi connectivity index (χ2n) is 4.07. The smallest absolute Gasteiger partial charge is 0.338 e. The molecule has 0 heterocycles. The third-order valence-electron chi connectivity index (χ3n) is 2.77. The number of rotatable bonds is 5. The molecule has 0 amide bonds. The van der Waals surface area contributed by atoms with Crippen LogP contribution in [0.15, 0.2) is 24.3 Å². The summed E-state index contributed by atoms with van der Waals surface area (Å²) in [7, 11) is 0. The van der Waals surface area contributed by atoms with Crippen molar-refractivity contribution >= 4 is 5.97 Å². The van der Waals surface area contributed by atoms with Crippen LogP contribution in [0.1, 0.15) is 55.5 Å². The molecule has 0 bridgehead atoms. The number of carbonyl (C=O) groups is 1. The minimum absolute atomic E-state index is 0.224. The number of ether oxygens (including phenoxy) is 1. The lowest BCUT2D eigenvalue weighted by Crippen LogP contribution is -2.06. The summed E-state index contributed by atoms with van der Waals surface area (Å²) in [6.07, 6.45) is 1.97. The summed E-state index contributed by atoms with van der Waals surface area (Å²) in [6, 6.07) is 7.71. The maximum Gasteiger partial charge on any atom is 0.338 e. The maximum atomic E-state index is 11.5. The van der Waals surface area contributed by atoms with Crippen molar-refractivity contribution in [2.24, 2.45) is 0 Å². The van der Waals surface area contributed by atoms with E-state index in [1.807, 2.05) is 31.2 Å². The van der Waals surface area contributed by atoms with Gasteiger partial charge in [0.25, 0.3) is 0 Å². The minimum atomic E-state index is -0.224. The molecule has 88 valence electrons. The van der Waals surface area contributed by atoms with Gasteiger partial charge in [0, 0.05) is 0 Å². The van der Waals surface area contributed by atoms with Crippen LogP contribution in [0.5, 0.6) is 0 Å². The molecule has 0 saturated carbocycles. The minimum Gasteiger partial charge on any atom is -0.462 e. The Morgan fingerprint density at radius 1 is 1.25 bits per heavy atom. The maximum absolute atomic E-state index is 11.5. The van der Waals surface area contributed by atoms with Gasteiger partial charge in [-0.25, -0.2) is 4.79 Å². The molecule has 2 nitrogen and oxygen atoms in total. The van der Waals surface area contributed by atoms with Gasteiger partial charge in [-0.2, -0.15) is 0 Å². The Labute approximate surface area is 97.6 Å². The van der Waals surface area contributed by atoms with Crippen molar-refractivity contribution in [3.05, 3.63) is 35.4 Å². The van der Waals surface area contributed by atoms with Crippen LogP contribution >= 0.6 is 0 Å². The van der Waals surface area contributed by atoms with Gasteiger partial charge in [0.15, 0.2) is 0 Å². The average molecular weight is 220 g/mol. The van der Waals surface area contributed by atoms with E-state index in [-0.39, 0.29) is 5.97 Å². The SMILES string of the molecule is CCCOC(=O)c1ccc(C(C)CC)cc1. The van der Waals surface area contributed by atoms with Crippen LogP contribution in [0, 0.1) is 0 Å². The fourth-order valence-electron chi connectivity index (χ4n) is 1.46. The molecule has 1 unspecified atom stereocenters. The van der Waals surface area contributed by atoms with Crippen LogP contribution in [-0.2, 0) is 4.74 Å². The van der Waals surface area contributed by atoms with Crippen LogP contribution in [0.4, 0.5) is 0 Å². The van der Waals surface area contributed by atoms with Crippen molar-refractivity contribution in [1.82, 2.24) is 0 Å². The molecule has 0 aliphatic heterocycles. The summed E-state index contributed by atoms with van der Waals surface area (Å²) < 4.78 is 5.06. The first kappa shape index (κ1) is 12.8. The molecule has 1 rings (SSSR count). The van der Waals surface area contributed by atoms with E-state index in [9.17, 15) is 4.79 Å². The summed E-state index contributed by atoms with van der Waals surface area (Å²) in [4.78, 5) is 11.5. The molecule has 0 aromatic heterocycles. The van der Waals surface area contributed by atoms with Crippen LogP contribution in [-0.4, -0.2) is 12.6 Å². The Balaban J connectivity index is 2.67. The van der Waals surface area contributed by atoms with E-state index in [0.29, 0.717) is 18.1 Å². The second-order valence-corrected chi connectivity index (χ2v) is 4.07. The lowest BCUT2D eigenvalue weighted by Gasteiger charge is -2.09. The molecule has 0 aliphatic carbocycles. The van der Waals surface area contributed by atoms with Gasteiger partial charge in [0.2, 0.25) is 0 Å². The molecule has 1 aromatic rings. The highest BCUT2D eigenvalue weighted by molar-refractivity contribution is 5.89. The molecular weight excluding hydrogens is 200 g/mol. The van der Waals surface area contributed by atoms with Gasteiger partial charge in [-0.1, -0.05) is 32.9 Å². The summed E-state index contributed by atoms with van der Waals surface area (Å²) in [5.74, 6) is 0.318. The average Bonchev–Trinajstić information content (AvgIpc) is 2.35. The van der Waals surface area contributed by atoms with Gasteiger partial charge in [-0.3, -0.25) is 0 Å². The van der Waals surface area contributed by atoms with E-state index in [1.165, 1.54) is 5.56 Å². The van der Waals surface area contributed by atoms with Gasteiger partial charge < -0.3 is 4.74 Å². The van der Waals surface area contributed by atoms with E-state index >= 15 is 0 Å². The lowest BCUT2D eigenvalue weighted by molar-refractivity contribution is 0.0505. The van der Waals surface area contributed by atoms with Crippen LogP contribution in [0.2, 0.25) is 0 Å². The predicted molar refractivity (Wildman–Crippen MR) is 65.7 cm³/mol. The normalized spacial score (nSPS) is 12.2. The molecule has 1 aromatic carbocycles. The van der Waals surface area contributed by atoms with Gasteiger partial charge in [0.1, 0.15) is 0 Å². The Morgan fingerprint density at radius 3 is 2.38 bits per heavy atom. The van der Waals surface area contributed by atoms with E-state index < -0.39 is 0 Å². The highest BCUT2D eigenvalue weighted by atomic mass is 16.5. The lowest BCUT2D eigenvalue weighted by atomic mass is 9.98. The van der Waals surface area contributed by atoms with Crippen molar-refractivity contribution in [3.8, 4) is 0 Å². The van der Waals surface area contributed by atoms with E-state index in [4.69, 9.17) is 4.74 Å². The van der Waals surface area contributed by atoms with Crippen LogP contribution in [0.25, 0.3) is 0 Å². The molecule has 0 fully saturated rings. The van der Waals surface area contributed by atoms with Crippen molar-refractivity contribution in [2.75, 3.05) is 6.61 Å². The van der Waals surface area contributed by atoms with Gasteiger partial charge in [-0.15, -0.1) is 0 Å². The standard InChI is InChI=1S/C14H20O2/c1-4-10-16-14(15)13-8-6-12(7-9-13)11(3)5-2/h6-9,11H,4-5,10H2,1-3H3.